The number of imide groups is 1. The third-order valence-corrected chi connectivity index (χ3v) is 5.08. The molecule has 0 atom stereocenters. The highest BCUT2D eigenvalue weighted by Gasteiger charge is 2.41. The zero-order chi connectivity index (χ0) is 21.1. The van der Waals surface area contributed by atoms with Crippen molar-refractivity contribution in [1.82, 2.24) is 4.90 Å². The van der Waals surface area contributed by atoms with E-state index in [0.29, 0.717) is 34.9 Å². The maximum atomic E-state index is 13.4. The highest BCUT2D eigenvalue weighted by atomic mass is 16.5. The molecule has 2 aromatic rings. The fourth-order valence-corrected chi connectivity index (χ4v) is 3.38. The Balaban J connectivity index is 2.07. The first-order valence-electron chi connectivity index (χ1n) is 9.64. The van der Waals surface area contributed by atoms with Gasteiger partial charge in [-0.2, -0.15) is 0 Å². The lowest BCUT2D eigenvalue weighted by Crippen LogP contribution is -2.34. The van der Waals surface area contributed by atoms with Crippen molar-refractivity contribution in [3.05, 3.63) is 64.9 Å². The van der Waals surface area contributed by atoms with Gasteiger partial charge in [0.05, 0.1) is 24.5 Å². The maximum Gasteiger partial charge on any atom is 0.282 e. The molecule has 1 N–H and O–H groups in total. The van der Waals surface area contributed by atoms with E-state index in [-0.39, 0.29) is 19.1 Å². The molecule has 29 heavy (non-hydrogen) atoms. The van der Waals surface area contributed by atoms with Crippen LogP contribution >= 0.6 is 0 Å². The number of likely N-dealkylation sites (N-methyl/N-ethyl adjacent to an activating group) is 1. The van der Waals surface area contributed by atoms with Crippen LogP contribution in [0.15, 0.2) is 48.2 Å². The largest absolute Gasteiger partial charge is 0.494 e. The number of aliphatic hydroxyl groups excluding tert-OH is 1. The molecule has 1 heterocycles. The molecule has 0 fully saturated rings. The summed E-state index contributed by atoms with van der Waals surface area (Å²) in [7, 11) is 1.71. The second kappa shape index (κ2) is 8.49. The number of carbonyl (C=O) groups is 2. The first-order chi connectivity index (χ1) is 13.9. The minimum Gasteiger partial charge on any atom is -0.494 e. The van der Waals surface area contributed by atoms with Crippen LogP contribution in [-0.2, 0) is 9.59 Å². The molecular weight excluding hydrogens is 368 g/mol. The van der Waals surface area contributed by atoms with Crippen molar-refractivity contribution >= 4 is 23.1 Å². The maximum absolute atomic E-state index is 13.4. The summed E-state index contributed by atoms with van der Waals surface area (Å²) in [6.45, 7) is 6.53. The molecule has 2 amide bonds. The number of benzene rings is 2. The number of nitrogens with zero attached hydrogens (tertiary/aromatic N) is 2. The number of ether oxygens (including phenoxy) is 1. The zero-order valence-corrected chi connectivity index (χ0v) is 17.2. The van der Waals surface area contributed by atoms with Gasteiger partial charge in [-0.15, -0.1) is 0 Å². The van der Waals surface area contributed by atoms with E-state index in [0.717, 1.165) is 11.1 Å². The van der Waals surface area contributed by atoms with E-state index in [1.807, 2.05) is 39.0 Å². The highest BCUT2D eigenvalue weighted by molar-refractivity contribution is 6.45. The summed E-state index contributed by atoms with van der Waals surface area (Å²) in [4.78, 5) is 29.5. The molecule has 0 saturated carbocycles. The molecule has 0 saturated heterocycles. The third-order valence-electron chi connectivity index (χ3n) is 5.08. The summed E-state index contributed by atoms with van der Waals surface area (Å²) in [6.07, 6.45) is 0. The van der Waals surface area contributed by atoms with Crippen LogP contribution < -0.4 is 9.64 Å². The van der Waals surface area contributed by atoms with Gasteiger partial charge in [0.2, 0.25) is 0 Å². The summed E-state index contributed by atoms with van der Waals surface area (Å²) in [5, 5.41) is 9.36. The molecule has 0 aliphatic carbocycles. The lowest BCUT2D eigenvalue weighted by molar-refractivity contribution is -0.120. The summed E-state index contributed by atoms with van der Waals surface area (Å²) in [5.74, 6) is -0.0964. The minimum absolute atomic E-state index is 0.120. The molecule has 6 heteroatoms. The van der Waals surface area contributed by atoms with Gasteiger partial charge in [-0.3, -0.25) is 9.59 Å². The van der Waals surface area contributed by atoms with Gasteiger partial charge < -0.3 is 14.7 Å². The van der Waals surface area contributed by atoms with Gasteiger partial charge in [0, 0.05) is 13.6 Å². The summed E-state index contributed by atoms with van der Waals surface area (Å²) >= 11 is 0. The number of amides is 2. The van der Waals surface area contributed by atoms with Gasteiger partial charge in [-0.1, -0.05) is 18.2 Å². The van der Waals surface area contributed by atoms with Crippen LogP contribution in [0.4, 0.5) is 5.69 Å². The number of aryl methyl sites for hydroxylation is 2. The number of rotatable bonds is 7. The van der Waals surface area contributed by atoms with E-state index in [9.17, 15) is 14.7 Å². The molecule has 1 aliphatic rings. The van der Waals surface area contributed by atoms with Crippen LogP contribution in [0.2, 0.25) is 0 Å². The topological polar surface area (TPSA) is 70.1 Å². The second-order valence-corrected chi connectivity index (χ2v) is 7.04. The minimum atomic E-state index is -0.400. The van der Waals surface area contributed by atoms with E-state index >= 15 is 0 Å². The van der Waals surface area contributed by atoms with E-state index < -0.39 is 5.91 Å². The molecule has 0 unspecified atom stereocenters. The van der Waals surface area contributed by atoms with Crippen molar-refractivity contribution in [3.63, 3.8) is 0 Å². The Kier molecular flexibility index (Phi) is 6.03. The Hall–Kier alpha value is -3.12. The summed E-state index contributed by atoms with van der Waals surface area (Å²) < 4.78 is 5.45. The molecule has 0 spiro atoms. The number of hydrogen-bond acceptors (Lipinski definition) is 5. The zero-order valence-electron chi connectivity index (χ0n) is 17.2. The number of carbonyl (C=O) groups excluding carboxylic acids is 2. The van der Waals surface area contributed by atoms with E-state index in [4.69, 9.17) is 4.74 Å². The van der Waals surface area contributed by atoms with E-state index in [1.54, 1.807) is 36.2 Å². The van der Waals surface area contributed by atoms with Crippen LogP contribution in [0.25, 0.3) is 5.57 Å². The van der Waals surface area contributed by atoms with Gasteiger partial charge in [-0.05, 0) is 61.7 Å². The Morgan fingerprint density at radius 1 is 1.00 bits per heavy atom. The first kappa shape index (κ1) is 20.6. The Bertz CT molecular complexity index is 963. The average Bonchev–Trinajstić information content (AvgIpc) is 2.96. The molecular formula is C23H26N2O4. The molecule has 2 aromatic carbocycles. The Morgan fingerprint density at radius 3 is 2.28 bits per heavy atom. The van der Waals surface area contributed by atoms with Gasteiger partial charge >= 0.3 is 0 Å². The van der Waals surface area contributed by atoms with Crippen molar-refractivity contribution in [1.29, 1.82) is 0 Å². The van der Waals surface area contributed by atoms with Crippen molar-refractivity contribution in [2.45, 2.75) is 20.8 Å². The van der Waals surface area contributed by atoms with Crippen molar-refractivity contribution in [3.8, 4) is 5.75 Å². The van der Waals surface area contributed by atoms with Gasteiger partial charge in [0.15, 0.2) is 0 Å². The fraction of sp³-hybridized carbons (Fsp3) is 0.304. The van der Waals surface area contributed by atoms with E-state index in [2.05, 4.69) is 0 Å². The monoisotopic (exact) mass is 394 g/mol. The van der Waals surface area contributed by atoms with Crippen molar-refractivity contribution in [2.24, 2.45) is 0 Å². The summed E-state index contributed by atoms with van der Waals surface area (Å²) in [6, 6.07) is 12.6. The first-order valence-corrected chi connectivity index (χ1v) is 9.64. The predicted molar refractivity (Wildman–Crippen MR) is 113 cm³/mol. The fourth-order valence-electron chi connectivity index (χ4n) is 3.38. The number of hydrogen-bond donors (Lipinski definition) is 1. The van der Waals surface area contributed by atoms with Crippen molar-refractivity contribution in [2.75, 3.05) is 31.7 Å². The predicted octanol–water partition coefficient (Wildman–Crippen LogP) is 2.91. The van der Waals surface area contributed by atoms with Gasteiger partial charge in [-0.25, -0.2) is 4.90 Å². The third kappa shape index (κ3) is 3.89. The Morgan fingerprint density at radius 2 is 1.69 bits per heavy atom. The molecule has 1 aliphatic heterocycles. The molecule has 0 bridgehead atoms. The van der Waals surface area contributed by atoms with Crippen LogP contribution in [0.3, 0.4) is 0 Å². The average molecular weight is 394 g/mol. The van der Waals surface area contributed by atoms with Crippen LogP contribution in [0.1, 0.15) is 23.6 Å². The van der Waals surface area contributed by atoms with Crippen LogP contribution in [0, 0.1) is 13.8 Å². The molecule has 6 nitrogen and oxygen atoms in total. The lowest BCUT2D eigenvalue weighted by Gasteiger charge is -2.20. The molecule has 152 valence electrons. The number of aliphatic hydroxyl groups is 1. The Labute approximate surface area is 171 Å². The SMILES string of the molecule is CCOc1ccc(N2C(=O)C(c3ccc(C)c(C)c3)=C(N(C)CCO)C2=O)cc1. The van der Waals surface area contributed by atoms with Crippen LogP contribution in [-0.4, -0.2) is 48.6 Å². The lowest BCUT2D eigenvalue weighted by atomic mass is 9.99. The smallest absolute Gasteiger partial charge is 0.282 e. The molecule has 3 rings (SSSR count). The molecule has 0 radical (unpaired) electrons. The molecule has 0 aromatic heterocycles. The van der Waals surface area contributed by atoms with Gasteiger partial charge in [0.25, 0.3) is 11.8 Å². The second-order valence-electron chi connectivity index (χ2n) is 7.04. The van der Waals surface area contributed by atoms with Crippen LogP contribution in [0.5, 0.6) is 5.75 Å². The number of anilines is 1. The standard InChI is InChI=1S/C23H26N2O4/c1-5-29-19-10-8-18(9-11-19)25-22(27)20(17-7-6-15(2)16(3)14-17)21(23(25)28)24(4)12-13-26/h6-11,14,26H,5,12-13H2,1-4H3. The van der Waals surface area contributed by atoms with Gasteiger partial charge in [0.1, 0.15) is 11.4 Å². The van der Waals surface area contributed by atoms with Crippen molar-refractivity contribution < 1.29 is 19.4 Å². The highest BCUT2D eigenvalue weighted by Crippen LogP contribution is 2.35. The quantitative estimate of drug-likeness (QED) is 0.732. The normalized spacial score (nSPS) is 14.0. The summed E-state index contributed by atoms with van der Waals surface area (Å²) in [5.41, 5.74) is 3.97. The van der Waals surface area contributed by atoms with E-state index in [1.165, 1.54) is 4.90 Å².